The molecule has 88 valence electrons. The van der Waals surface area contributed by atoms with Crippen LogP contribution in [-0.4, -0.2) is 57.5 Å². The highest BCUT2D eigenvalue weighted by molar-refractivity contribution is 5.67. The van der Waals surface area contributed by atoms with E-state index in [4.69, 9.17) is 5.11 Å². The van der Waals surface area contributed by atoms with Gasteiger partial charge in [0.2, 0.25) is 0 Å². The molecule has 5 nitrogen and oxygen atoms in total. The zero-order chi connectivity index (χ0) is 11.5. The minimum Gasteiger partial charge on any atom is -0.481 e. The first-order valence-corrected chi connectivity index (χ1v) is 5.24. The van der Waals surface area contributed by atoms with E-state index in [9.17, 15) is 15.0 Å². The molecule has 0 bridgehead atoms. The van der Waals surface area contributed by atoms with Crippen LogP contribution in [0.4, 0.5) is 0 Å². The maximum absolute atomic E-state index is 10.3. The van der Waals surface area contributed by atoms with Gasteiger partial charge in [-0.2, -0.15) is 0 Å². The van der Waals surface area contributed by atoms with Crippen LogP contribution in [-0.2, 0) is 4.79 Å². The number of hydrogen-bond acceptors (Lipinski definition) is 4. The Bertz CT molecular complexity index is 219. The van der Waals surface area contributed by atoms with Crippen LogP contribution in [0, 0.1) is 0 Å². The van der Waals surface area contributed by atoms with Crippen LogP contribution in [0.3, 0.4) is 0 Å². The van der Waals surface area contributed by atoms with Crippen LogP contribution >= 0.6 is 0 Å². The van der Waals surface area contributed by atoms with E-state index < -0.39 is 17.7 Å². The Morgan fingerprint density at radius 3 is 2.47 bits per heavy atom. The Balaban J connectivity index is 2.26. The molecular formula is C10H19NO4. The summed E-state index contributed by atoms with van der Waals surface area (Å²) in [6, 6.07) is 0. The second-order valence-electron chi connectivity index (χ2n) is 4.55. The number of carboxylic acid groups (broad SMARTS) is 1. The van der Waals surface area contributed by atoms with Gasteiger partial charge in [-0.15, -0.1) is 0 Å². The molecular weight excluding hydrogens is 198 g/mol. The summed E-state index contributed by atoms with van der Waals surface area (Å²) in [6.07, 6.45) is 0.317. The molecule has 0 radical (unpaired) electrons. The van der Waals surface area contributed by atoms with Crippen LogP contribution in [0.1, 0.15) is 26.2 Å². The third-order valence-corrected chi connectivity index (χ3v) is 2.81. The van der Waals surface area contributed by atoms with Crippen LogP contribution in [0.2, 0.25) is 0 Å². The summed E-state index contributed by atoms with van der Waals surface area (Å²) in [5, 5.41) is 27.6. The molecule has 1 aliphatic rings. The summed E-state index contributed by atoms with van der Waals surface area (Å²) in [5.74, 6) is -0.980. The second kappa shape index (κ2) is 4.92. The second-order valence-corrected chi connectivity index (χ2v) is 4.55. The number of piperidine rings is 1. The van der Waals surface area contributed by atoms with Gasteiger partial charge in [0, 0.05) is 19.6 Å². The van der Waals surface area contributed by atoms with Crippen molar-refractivity contribution in [1.29, 1.82) is 0 Å². The first-order chi connectivity index (χ1) is 6.89. The molecule has 0 aromatic carbocycles. The maximum atomic E-state index is 10.3. The fourth-order valence-corrected chi connectivity index (χ4v) is 1.78. The number of aliphatic hydroxyl groups excluding tert-OH is 1. The third kappa shape index (κ3) is 4.59. The van der Waals surface area contributed by atoms with Crippen molar-refractivity contribution in [3.05, 3.63) is 0 Å². The lowest BCUT2D eigenvalue weighted by Crippen LogP contribution is -2.45. The number of rotatable bonds is 4. The molecule has 1 saturated heterocycles. The van der Waals surface area contributed by atoms with E-state index in [-0.39, 0.29) is 6.42 Å². The van der Waals surface area contributed by atoms with Gasteiger partial charge in [0.15, 0.2) is 0 Å². The van der Waals surface area contributed by atoms with Crippen molar-refractivity contribution in [3.63, 3.8) is 0 Å². The molecule has 15 heavy (non-hydrogen) atoms. The van der Waals surface area contributed by atoms with Gasteiger partial charge in [0.25, 0.3) is 0 Å². The molecule has 1 atom stereocenters. The van der Waals surface area contributed by atoms with Crippen LogP contribution in [0.5, 0.6) is 0 Å². The minimum absolute atomic E-state index is 0.215. The van der Waals surface area contributed by atoms with E-state index in [1.807, 2.05) is 4.90 Å². The predicted octanol–water partition coefficient (Wildman–Crippen LogP) is -0.331. The van der Waals surface area contributed by atoms with Crippen molar-refractivity contribution in [2.24, 2.45) is 0 Å². The summed E-state index contributed by atoms with van der Waals surface area (Å²) in [4.78, 5) is 12.3. The van der Waals surface area contributed by atoms with Gasteiger partial charge in [-0.25, -0.2) is 0 Å². The maximum Gasteiger partial charge on any atom is 0.306 e. The summed E-state index contributed by atoms with van der Waals surface area (Å²) in [5.41, 5.74) is -0.603. The molecule has 0 saturated carbocycles. The van der Waals surface area contributed by atoms with Crippen molar-refractivity contribution < 1.29 is 20.1 Å². The number of β-amino-alcohol motifs (C(OH)–C–C–N with tert-alkyl or cyclic N) is 1. The van der Waals surface area contributed by atoms with E-state index in [1.165, 1.54) is 0 Å². The number of hydrogen-bond donors (Lipinski definition) is 3. The quantitative estimate of drug-likeness (QED) is 0.600. The van der Waals surface area contributed by atoms with Crippen LogP contribution < -0.4 is 0 Å². The van der Waals surface area contributed by atoms with E-state index in [0.29, 0.717) is 32.5 Å². The zero-order valence-electron chi connectivity index (χ0n) is 9.02. The number of carboxylic acids is 1. The standard InChI is InChI=1S/C10H19NO4/c1-10(15)2-4-11(5-3-10)7-8(12)6-9(13)14/h8,12,15H,2-7H2,1H3,(H,13,14). The van der Waals surface area contributed by atoms with Gasteiger partial charge in [0.05, 0.1) is 18.1 Å². The lowest BCUT2D eigenvalue weighted by atomic mass is 9.93. The van der Waals surface area contributed by atoms with E-state index in [0.717, 1.165) is 0 Å². The molecule has 0 aromatic rings. The first kappa shape index (κ1) is 12.4. The molecule has 0 spiro atoms. The van der Waals surface area contributed by atoms with E-state index in [1.54, 1.807) is 6.92 Å². The fraction of sp³-hybridized carbons (Fsp3) is 0.900. The van der Waals surface area contributed by atoms with Crippen LogP contribution in [0.25, 0.3) is 0 Å². The van der Waals surface area contributed by atoms with Crippen molar-refractivity contribution in [3.8, 4) is 0 Å². The highest BCUT2D eigenvalue weighted by atomic mass is 16.4. The topological polar surface area (TPSA) is 81.0 Å². The Hall–Kier alpha value is -0.650. The average molecular weight is 217 g/mol. The highest BCUT2D eigenvalue weighted by Crippen LogP contribution is 2.21. The Morgan fingerprint density at radius 2 is 2.00 bits per heavy atom. The molecule has 1 rings (SSSR count). The smallest absolute Gasteiger partial charge is 0.306 e. The highest BCUT2D eigenvalue weighted by Gasteiger charge is 2.28. The summed E-state index contributed by atoms with van der Waals surface area (Å²) >= 11 is 0. The molecule has 1 aliphatic heterocycles. The molecule has 0 amide bonds. The lowest BCUT2D eigenvalue weighted by molar-refractivity contribution is -0.139. The minimum atomic E-state index is -0.980. The van der Waals surface area contributed by atoms with E-state index >= 15 is 0 Å². The number of carbonyl (C=O) groups is 1. The normalized spacial score (nSPS) is 23.7. The number of likely N-dealkylation sites (tertiary alicyclic amines) is 1. The van der Waals surface area contributed by atoms with Crippen LogP contribution in [0.15, 0.2) is 0 Å². The third-order valence-electron chi connectivity index (χ3n) is 2.81. The Morgan fingerprint density at radius 1 is 1.47 bits per heavy atom. The van der Waals surface area contributed by atoms with Crippen molar-refractivity contribution in [2.45, 2.75) is 37.9 Å². The van der Waals surface area contributed by atoms with Gasteiger partial charge in [-0.05, 0) is 19.8 Å². The van der Waals surface area contributed by atoms with Gasteiger partial charge in [-0.1, -0.05) is 0 Å². The summed E-state index contributed by atoms with van der Waals surface area (Å²) in [7, 11) is 0. The van der Waals surface area contributed by atoms with Gasteiger partial charge >= 0.3 is 5.97 Å². The van der Waals surface area contributed by atoms with Crippen molar-refractivity contribution >= 4 is 5.97 Å². The molecule has 3 N–H and O–H groups in total. The predicted molar refractivity (Wildman–Crippen MR) is 54.6 cm³/mol. The molecule has 0 aromatic heterocycles. The molecule has 1 heterocycles. The fourth-order valence-electron chi connectivity index (χ4n) is 1.78. The van der Waals surface area contributed by atoms with Gasteiger partial charge in [-0.3, -0.25) is 4.79 Å². The number of aliphatic carboxylic acids is 1. The summed E-state index contributed by atoms with van der Waals surface area (Å²) < 4.78 is 0. The Labute approximate surface area is 89.3 Å². The van der Waals surface area contributed by atoms with Crippen molar-refractivity contribution in [2.75, 3.05) is 19.6 Å². The van der Waals surface area contributed by atoms with Gasteiger partial charge in [0.1, 0.15) is 0 Å². The monoisotopic (exact) mass is 217 g/mol. The number of nitrogens with zero attached hydrogens (tertiary/aromatic N) is 1. The average Bonchev–Trinajstić information content (AvgIpc) is 2.07. The molecule has 1 unspecified atom stereocenters. The SMILES string of the molecule is CC1(O)CCN(CC(O)CC(=O)O)CC1. The Kier molecular flexibility index (Phi) is 4.07. The molecule has 5 heteroatoms. The molecule has 1 fully saturated rings. The zero-order valence-corrected chi connectivity index (χ0v) is 9.02. The lowest BCUT2D eigenvalue weighted by Gasteiger charge is -2.36. The van der Waals surface area contributed by atoms with E-state index in [2.05, 4.69) is 0 Å². The van der Waals surface area contributed by atoms with Crippen molar-refractivity contribution in [1.82, 2.24) is 4.90 Å². The first-order valence-electron chi connectivity index (χ1n) is 5.24. The largest absolute Gasteiger partial charge is 0.481 e. The summed E-state index contributed by atoms with van der Waals surface area (Å²) in [6.45, 7) is 3.60. The molecule has 0 aliphatic carbocycles. The number of aliphatic hydroxyl groups is 2. The van der Waals surface area contributed by atoms with Gasteiger partial charge < -0.3 is 20.2 Å².